The molecular formula is C23H19NO6S. The van der Waals surface area contributed by atoms with Gasteiger partial charge in [0.1, 0.15) is 5.00 Å². The van der Waals surface area contributed by atoms with Crippen LogP contribution in [0.4, 0.5) is 5.00 Å². The van der Waals surface area contributed by atoms with Gasteiger partial charge in [-0.25, -0.2) is 4.90 Å². The van der Waals surface area contributed by atoms with E-state index in [1.54, 1.807) is 48.7 Å². The maximum absolute atomic E-state index is 13.5. The third kappa shape index (κ3) is 3.16. The van der Waals surface area contributed by atoms with Crippen LogP contribution in [0.5, 0.6) is 17.2 Å². The second-order valence-corrected chi connectivity index (χ2v) is 7.69. The number of nitrogens with zero attached hydrogens (tertiary/aromatic N) is 1. The number of carbonyl (C=O) groups excluding carboxylic acids is 3. The Morgan fingerprint density at radius 1 is 0.903 bits per heavy atom. The number of rotatable bonds is 6. The average Bonchev–Trinajstić information content (AvgIpc) is 3.28. The van der Waals surface area contributed by atoms with Gasteiger partial charge in [0, 0.05) is 5.56 Å². The van der Waals surface area contributed by atoms with E-state index < -0.39 is 11.8 Å². The van der Waals surface area contributed by atoms with Gasteiger partial charge in [0.05, 0.1) is 38.0 Å². The molecule has 0 N–H and O–H groups in total. The standard InChI is InChI=1S/C23H19NO6S/c1-12-11-31-23(24-21(26)14-7-5-6-8-15(14)22(24)27)18(12)19(25)13-9-16(28-2)20(30-4)17(10-13)29-3/h5-11H,1-4H3. The fourth-order valence-corrected chi connectivity index (χ4v) is 4.65. The minimum atomic E-state index is -0.443. The first kappa shape index (κ1) is 20.6. The predicted molar refractivity (Wildman–Crippen MR) is 116 cm³/mol. The fraction of sp³-hybridized carbons (Fsp3) is 0.174. The Labute approximate surface area is 182 Å². The van der Waals surface area contributed by atoms with E-state index in [4.69, 9.17) is 14.2 Å². The van der Waals surface area contributed by atoms with E-state index >= 15 is 0 Å². The Bertz CT molecular complexity index is 1170. The quantitative estimate of drug-likeness (QED) is 0.426. The lowest BCUT2D eigenvalue weighted by molar-refractivity contribution is 0.0927. The van der Waals surface area contributed by atoms with Crippen molar-refractivity contribution in [3.05, 3.63) is 69.6 Å². The van der Waals surface area contributed by atoms with Gasteiger partial charge < -0.3 is 14.2 Å². The number of methoxy groups -OCH3 is 3. The fourth-order valence-electron chi connectivity index (χ4n) is 3.60. The molecular weight excluding hydrogens is 418 g/mol. The molecule has 0 aliphatic carbocycles. The molecule has 1 aliphatic heterocycles. The summed E-state index contributed by atoms with van der Waals surface area (Å²) in [6.07, 6.45) is 0. The number of fused-ring (bicyclic) bond motifs is 1. The van der Waals surface area contributed by atoms with Crippen LogP contribution in [0.3, 0.4) is 0 Å². The van der Waals surface area contributed by atoms with Crippen LogP contribution < -0.4 is 19.1 Å². The van der Waals surface area contributed by atoms with E-state index in [0.29, 0.717) is 38.9 Å². The maximum atomic E-state index is 13.5. The molecule has 4 rings (SSSR count). The normalized spacial score (nSPS) is 12.7. The van der Waals surface area contributed by atoms with Gasteiger partial charge in [-0.2, -0.15) is 0 Å². The zero-order valence-corrected chi connectivity index (χ0v) is 18.2. The zero-order chi connectivity index (χ0) is 22.3. The molecule has 8 heteroatoms. The number of anilines is 1. The van der Waals surface area contributed by atoms with Crippen LogP contribution in [0.1, 0.15) is 42.2 Å². The van der Waals surface area contributed by atoms with Gasteiger partial charge in [0.15, 0.2) is 17.3 Å². The molecule has 0 fully saturated rings. The highest BCUT2D eigenvalue weighted by Gasteiger charge is 2.39. The third-order valence-corrected chi connectivity index (χ3v) is 6.19. The molecule has 158 valence electrons. The molecule has 0 spiro atoms. The second kappa shape index (κ2) is 7.88. The number of aryl methyl sites for hydroxylation is 1. The van der Waals surface area contributed by atoms with E-state index in [2.05, 4.69) is 0 Å². The molecule has 0 radical (unpaired) electrons. The lowest BCUT2D eigenvalue weighted by atomic mass is 10.0. The summed E-state index contributed by atoms with van der Waals surface area (Å²) < 4.78 is 16.0. The number of benzene rings is 2. The largest absolute Gasteiger partial charge is 0.493 e. The molecule has 7 nitrogen and oxygen atoms in total. The van der Waals surface area contributed by atoms with Gasteiger partial charge in [0.25, 0.3) is 11.8 Å². The molecule has 3 aromatic rings. The predicted octanol–water partition coefficient (Wildman–Crippen LogP) is 4.11. The Hall–Kier alpha value is -3.65. The number of carbonyl (C=O) groups is 3. The van der Waals surface area contributed by atoms with Gasteiger partial charge in [0.2, 0.25) is 5.75 Å². The van der Waals surface area contributed by atoms with Crippen molar-refractivity contribution < 1.29 is 28.6 Å². The third-order valence-electron chi connectivity index (χ3n) is 5.11. The number of imide groups is 1. The first-order chi connectivity index (χ1) is 14.9. The molecule has 2 heterocycles. The van der Waals surface area contributed by atoms with Crippen LogP contribution in [-0.4, -0.2) is 38.9 Å². The Morgan fingerprint density at radius 3 is 1.94 bits per heavy atom. The smallest absolute Gasteiger partial charge is 0.266 e. The molecule has 1 aliphatic rings. The van der Waals surface area contributed by atoms with Gasteiger partial charge in [-0.15, -0.1) is 11.3 Å². The summed E-state index contributed by atoms with van der Waals surface area (Å²) >= 11 is 1.18. The zero-order valence-electron chi connectivity index (χ0n) is 17.3. The molecule has 0 bridgehead atoms. The minimum absolute atomic E-state index is 0.286. The van der Waals surface area contributed by atoms with Crippen LogP contribution in [0, 0.1) is 6.92 Å². The van der Waals surface area contributed by atoms with Crippen molar-refractivity contribution in [1.29, 1.82) is 0 Å². The molecule has 0 saturated carbocycles. The van der Waals surface area contributed by atoms with Crippen molar-refractivity contribution in [3.63, 3.8) is 0 Å². The Balaban J connectivity index is 1.82. The Kier molecular flexibility index (Phi) is 5.24. The van der Waals surface area contributed by atoms with Crippen LogP contribution in [0.15, 0.2) is 41.8 Å². The van der Waals surface area contributed by atoms with Crippen molar-refractivity contribution in [2.45, 2.75) is 6.92 Å². The number of hydrogen-bond acceptors (Lipinski definition) is 7. The van der Waals surface area contributed by atoms with Crippen LogP contribution >= 0.6 is 11.3 Å². The summed E-state index contributed by atoms with van der Waals surface area (Å²) in [5, 5.41) is 2.05. The maximum Gasteiger partial charge on any atom is 0.266 e. The van der Waals surface area contributed by atoms with E-state index in [0.717, 1.165) is 4.90 Å². The summed E-state index contributed by atoms with van der Waals surface area (Å²) in [4.78, 5) is 40.5. The summed E-state index contributed by atoms with van der Waals surface area (Å²) in [5.74, 6) is -0.211. The van der Waals surface area contributed by atoms with E-state index in [-0.39, 0.29) is 16.9 Å². The van der Waals surface area contributed by atoms with Crippen molar-refractivity contribution in [3.8, 4) is 17.2 Å². The van der Waals surface area contributed by atoms with E-state index in [9.17, 15) is 14.4 Å². The van der Waals surface area contributed by atoms with Crippen LogP contribution in [-0.2, 0) is 0 Å². The topological polar surface area (TPSA) is 82.1 Å². The van der Waals surface area contributed by atoms with Gasteiger partial charge in [-0.05, 0) is 42.1 Å². The molecule has 0 unspecified atom stereocenters. The van der Waals surface area contributed by atoms with Gasteiger partial charge in [-0.3, -0.25) is 14.4 Å². The van der Waals surface area contributed by atoms with Crippen molar-refractivity contribution in [2.24, 2.45) is 0 Å². The second-order valence-electron chi connectivity index (χ2n) is 6.83. The summed E-state index contributed by atoms with van der Waals surface area (Å²) in [7, 11) is 4.41. The van der Waals surface area contributed by atoms with Crippen molar-refractivity contribution >= 4 is 33.9 Å². The van der Waals surface area contributed by atoms with Gasteiger partial charge in [-0.1, -0.05) is 12.1 Å². The molecule has 1 aromatic heterocycles. The highest BCUT2D eigenvalue weighted by Crippen LogP contribution is 2.41. The Morgan fingerprint density at radius 2 is 1.45 bits per heavy atom. The molecule has 0 atom stereocenters. The molecule has 0 saturated heterocycles. The van der Waals surface area contributed by atoms with Crippen LogP contribution in [0.25, 0.3) is 0 Å². The highest BCUT2D eigenvalue weighted by atomic mass is 32.1. The number of hydrogen-bond donors (Lipinski definition) is 0. The first-order valence-corrected chi connectivity index (χ1v) is 10.2. The molecule has 2 amide bonds. The van der Waals surface area contributed by atoms with Crippen molar-refractivity contribution in [1.82, 2.24) is 0 Å². The monoisotopic (exact) mass is 437 g/mol. The van der Waals surface area contributed by atoms with Crippen LogP contribution in [0.2, 0.25) is 0 Å². The number of ketones is 1. The first-order valence-electron chi connectivity index (χ1n) is 9.33. The lowest BCUT2D eigenvalue weighted by Gasteiger charge is -2.16. The SMILES string of the molecule is COc1cc(C(=O)c2c(C)csc2N2C(=O)c3ccccc3C2=O)cc(OC)c1OC. The minimum Gasteiger partial charge on any atom is -0.493 e. The number of thiophene rings is 1. The summed E-state index contributed by atoms with van der Waals surface area (Å²) in [6.45, 7) is 1.77. The van der Waals surface area contributed by atoms with E-state index in [1.807, 2.05) is 0 Å². The van der Waals surface area contributed by atoms with Crippen molar-refractivity contribution in [2.75, 3.05) is 26.2 Å². The van der Waals surface area contributed by atoms with E-state index in [1.165, 1.54) is 32.7 Å². The summed E-state index contributed by atoms with van der Waals surface area (Å²) in [6, 6.07) is 9.72. The number of amides is 2. The molecule has 31 heavy (non-hydrogen) atoms. The average molecular weight is 437 g/mol. The lowest BCUT2D eigenvalue weighted by Crippen LogP contribution is -2.30. The van der Waals surface area contributed by atoms with Gasteiger partial charge >= 0.3 is 0 Å². The summed E-state index contributed by atoms with van der Waals surface area (Å²) in [5.41, 5.74) is 1.88. The molecule has 2 aromatic carbocycles. The highest BCUT2D eigenvalue weighted by molar-refractivity contribution is 7.15. The number of ether oxygens (including phenoxy) is 3.